The summed E-state index contributed by atoms with van der Waals surface area (Å²) in [7, 11) is 0. The first-order valence-electron chi connectivity index (χ1n) is 5.37. The molecule has 20 heavy (non-hydrogen) atoms. The van der Waals surface area contributed by atoms with Crippen molar-refractivity contribution >= 4 is 34.4 Å². The molecule has 0 aliphatic carbocycles. The zero-order valence-corrected chi connectivity index (χ0v) is 11.4. The molecule has 0 atom stereocenters. The van der Waals surface area contributed by atoms with Crippen molar-refractivity contribution in [1.29, 1.82) is 0 Å². The number of carbonyl (C=O) groups excluding carboxylic acids is 1. The number of rotatable bonds is 3. The quantitative estimate of drug-likeness (QED) is 0.691. The van der Waals surface area contributed by atoms with E-state index < -0.39 is 17.7 Å². The number of halogens is 4. The fraction of sp³-hybridized carbons (Fsp3) is 0.167. The highest BCUT2D eigenvalue weighted by Gasteiger charge is 2.33. The number of nitrogens with zero attached hydrogens (tertiary/aromatic N) is 1. The van der Waals surface area contributed by atoms with Crippen LogP contribution in [0.25, 0.3) is 0 Å². The van der Waals surface area contributed by atoms with Gasteiger partial charge in [0.2, 0.25) is 0 Å². The maximum atomic E-state index is 12.4. The molecule has 8 heteroatoms. The lowest BCUT2D eigenvalue weighted by molar-refractivity contribution is -0.140. The smallest absolute Gasteiger partial charge is 0.399 e. The number of nitrogens with two attached hydrogens (primary N) is 1. The van der Waals surface area contributed by atoms with E-state index in [2.05, 4.69) is 4.98 Å². The van der Waals surface area contributed by atoms with Gasteiger partial charge in [0.05, 0.1) is 11.4 Å². The van der Waals surface area contributed by atoms with Crippen LogP contribution in [-0.2, 0) is 12.6 Å². The molecular formula is C12H8ClF3N2OS. The second-order valence-corrected chi connectivity index (χ2v) is 5.31. The Kier molecular flexibility index (Phi) is 4.01. The Hall–Kier alpha value is -1.60. The van der Waals surface area contributed by atoms with Gasteiger partial charge in [0.1, 0.15) is 5.01 Å². The van der Waals surface area contributed by atoms with Gasteiger partial charge in [0.15, 0.2) is 11.5 Å². The summed E-state index contributed by atoms with van der Waals surface area (Å²) >= 11 is 6.64. The number of hydrogen-bond donors (Lipinski definition) is 1. The van der Waals surface area contributed by atoms with E-state index in [0.717, 1.165) is 16.7 Å². The second-order valence-electron chi connectivity index (χ2n) is 3.96. The second kappa shape index (κ2) is 5.41. The summed E-state index contributed by atoms with van der Waals surface area (Å²) in [6, 6.07) is 4.39. The molecule has 1 aromatic carbocycles. The fourth-order valence-electron chi connectivity index (χ4n) is 1.51. The molecule has 3 nitrogen and oxygen atoms in total. The van der Waals surface area contributed by atoms with Crippen molar-refractivity contribution in [2.45, 2.75) is 12.6 Å². The van der Waals surface area contributed by atoms with Crippen molar-refractivity contribution in [2.24, 2.45) is 0 Å². The lowest BCUT2D eigenvalue weighted by Gasteiger charge is -2.03. The van der Waals surface area contributed by atoms with Crippen LogP contribution in [0.1, 0.15) is 21.1 Å². The number of alkyl halides is 3. The summed E-state index contributed by atoms with van der Waals surface area (Å²) in [5.74, 6) is -0.426. The molecule has 0 bridgehead atoms. The lowest BCUT2D eigenvalue weighted by atomic mass is 10.1. The van der Waals surface area contributed by atoms with E-state index in [9.17, 15) is 18.0 Å². The summed E-state index contributed by atoms with van der Waals surface area (Å²) in [6.07, 6.45) is -4.75. The molecule has 0 fully saturated rings. The first-order valence-corrected chi connectivity index (χ1v) is 6.63. The van der Waals surface area contributed by atoms with Crippen LogP contribution in [0, 0.1) is 0 Å². The van der Waals surface area contributed by atoms with Gasteiger partial charge >= 0.3 is 6.18 Å². The predicted molar refractivity (Wildman–Crippen MR) is 71.0 cm³/mol. The van der Waals surface area contributed by atoms with Gasteiger partial charge in [-0.3, -0.25) is 4.79 Å². The molecule has 0 saturated heterocycles. The minimum Gasteiger partial charge on any atom is -0.399 e. The van der Waals surface area contributed by atoms with Gasteiger partial charge in [-0.05, 0) is 18.2 Å². The summed E-state index contributed by atoms with van der Waals surface area (Å²) in [4.78, 5) is 15.4. The molecule has 2 aromatic rings. The van der Waals surface area contributed by atoms with Crippen molar-refractivity contribution in [3.8, 4) is 0 Å². The number of anilines is 1. The van der Waals surface area contributed by atoms with Crippen molar-refractivity contribution in [2.75, 3.05) is 5.73 Å². The summed E-state index contributed by atoms with van der Waals surface area (Å²) in [6.45, 7) is 0. The molecule has 0 aliphatic rings. The highest BCUT2D eigenvalue weighted by Crippen LogP contribution is 2.30. The first-order chi connectivity index (χ1) is 9.27. The molecule has 0 saturated carbocycles. The van der Waals surface area contributed by atoms with Gasteiger partial charge in [-0.1, -0.05) is 11.6 Å². The third kappa shape index (κ3) is 3.29. The molecule has 2 N–H and O–H groups in total. The molecule has 2 rings (SSSR count). The van der Waals surface area contributed by atoms with Crippen LogP contribution in [0.15, 0.2) is 23.6 Å². The SMILES string of the molecule is Nc1ccc(Cl)c(C(=O)Cc2nc(C(F)(F)F)cs2)c1. The zero-order valence-electron chi connectivity index (χ0n) is 9.87. The van der Waals surface area contributed by atoms with E-state index in [-0.39, 0.29) is 22.0 Å². The lowest BCUT2D eigenvalue weighted by Crippen LogP contribution is -2.08. The van der Waals surface area contributed by atoms with Crippen LogP contribution in [0.3, 0.4) is 0 Å². The number of ketones is 1. The topological polar surface area (TPSA) is 56.0 Å². The molecule has 0 amide bonds. The van der Waals surface area contributed by atoms with Crippen LogP contribution in [0.5, 0.6) is 0 Å². The standard InChI is InChI=1S/C12H8ClF3N2OS/c13-8-2-1-6(17)3-7(8)9(19)4-11-18-10(5-20-11)12(14,15)16/h1-3,5H,4,17H2. The van der Waals surface area contributed by atoms with E-state index in [1.54, 1.807) is 0 Å². The third-order valence-corrected chi connectivity index (χ3v) is 3.62. The summed E-state index contributed by atoms with van der Waals surface area (Å²) in [5.41, 5.74) is 5.08. The van der Waals surface area contributed by atoms with Gasteiger partial charge in [-0.25, -0.2) is 4.98 Å². The summed E-state index contributed by atoms with van der Waals surface area (Å²) < 4.78 is 37.2. The zero-order chi connectivity index (χ0) is 14.9. The molecule has 0 radical (unpaired) electrons. The molecule has 1 heterocycles. The highest BCUT2D eigenvalue weighted by molar-refractivity contribution is 7.09. The maximum absolute atomic E-state index is 12.4. The number of hydrogen-bond acceptors (Lipinski definition) is 4. The monoisotopic (exact) mass is 320 g/mol. The van der Waals surface area contributed by atoms with E-state index in [0.29, 0.717) is 5.69 Å². The maximum Gasteiger partial charge on any atom is 0.434 e. The Labute approximate surface area is 121 Å². The van der Waals surface area contributed by atoms with Crippen molar-refractivity contribution in [3.05, 3.63) is 44.9 Å². The van der Waals surface area contributed by atoms with Gasteiger partial charge in [-0.2, -0.15) is 13.2 Å². The fourth-order valence-corrected chi connectivity index (χ4v) is 2.53. The van der Waals surface area contributed by atoms with Gasteiger partial charge in [-0.15, -0.1) is 11.3 Å². The van der Waals surface area contributed by atoms with Gasteiger partial charge in [0.25, 0.3) is 0 Å². The van der Waals surface area contributed by atoms with Crippen molar-refractivity contribution in [3.63, 3.8) is 0 Å². The Bertz CT molecular complexity index is 654. The first kappa shape index (κ1) is 14.8. The molecular weight excluding hydrogens is 313 g/mol. The Morgan fingerprint density at radius 1 is 1.40 bits per heavy atom. The van der Waals surface area contributed by atoms with E-state index >= 15 is 0 Å². The Morgan fingerprint density at radius 3 is 2.70 bits per heavy atom. The largest absolute Gasteiger partial charge is 0.434 e. The number of carbonyl (C=O) groups is 1. The molecule has 0 spiro atoms. The Morgan fingerprint density at radius 2 is 2.10 bits per heavy atom. The van der Waals surface area contributed by atoms with Crippen LogP contribution in [0.2, 0.25) is 5.02 Å². The molecule has 0 aliphatic heterocycles. The van der Waals surface area contributed by atoms with E-state index in [4.69, 9.17) is 17.3 Å². The normalized spacial score (nSPS) is 11.6. The molecule has 0 unspecified atom stereocenters. The van der Waals surface area contributed by atoms with Crippen LogP contribution in [0.4, 0.5) is 18.9 Å². The predicted octanol–water partition coefficient (Wildman–Crippen LogP) is 3.82. The minimum absolute atomic E-state index is 0.0841. The number of thiazole rings is 1. The van der Waals surface area contributed by atoms with Crippen LogP contribution < -0.4 is 5.73 Å². The van der Waals surface area contributed by atoms with Crippen molar-refractivity contribution in [1.82, 2.24) is 4.98 Å². The highest BCUT2D eigenvalue weighted by atomic mass is 35.5. The minimum atomic E-state index is -4.51. The number of nitrogen functional groups attached to an aromatic ring is 1. The number of Topliss-reactive ketones (excluding diaryl/α,β-unsaturated/α-hetero) is 1. The van der Waals surface area contributed by atoms with Gasteiger partial charge in [0, 0.05) is 16.6 Å². The Balaban J connectivity index is 2.20. The van der Waals surface area contributed by atoms with E-state index in [1.165, 1.54) is 18.2 Å². The van der Waals surface area contributed by atoms with Crippen molar-refractivity contribution < 1.29 is 18.0 Å². The number of benzene rings is 1. The number of aromatic nitrogens is 1. The average Bonchev–Trinajstić information content (AvgIpc) is 2.80. The van der Waals surface area contributed by atoms with E-state index in [1.807, 2.05) is 0 Å². The molecule has 1 aromatic heterocycles. The van der Waals surface area contributed by atoms with Gasteiger partial charge < -0.3 is 5.73 Å². The third-order valence-electron chi connectivity index (χ3n) is 2.44. The van der Waals surface area contributed by atoms with Crippen LogP contribution in [-0.4, -0.2) is 10.8 Å². The summed E-state index contributed by atoms with van der Waals surface area (Å²) in [5, 5.41) is 1.17. The molecule has 106 valence electrons. The van der Waals surface area contributed by atoms with Crippen LogP contribution >= 0.6 is 22.9 Å². The average molecular weight is 321 g/mol.